The van der Waals surface area contributed by atoms with Crippen LogP contribution in [-0.4, -0.2) is 28.3 Å². The fraction of sp³-hybridized carbons (Fsp3) is 1.00. The molecule has 1 atom stereocenters. The molecule has 0 bridgehead atoms. The fourth-order valence-electron chi connectivity index (χ4n) is 0.708. The van der Waals surface area contributed by atoms with E-state index in [9.17, 15) is 0 Å². The van der Waals surface area contributed by atoms with Gasteiger partial charge in [0.2, 0.25) is 0 Å². The summed E-state index contributed by atoms with van der Waals surface area (Å²) in [6.45, 7) is 7.24. The molecule has 0 aliphatic rings. The maximum atomic E-state index is 5.68. The summed E-state index contributed by atoms with van der Waals surface area (Å²) in [5.41, 5.74) is -0.328. The summed E-state index contributed by atoms with van der Waals surface area (Å²) in [7, 11) is -1.96. The van der Waals surface area contributed by atoms with Crippen LogP contribution in [0.15, 0.2) is 0 Å². The maximum absolute atomic E-state index is 5.68. The predicted molar refractivity (Wildman–Crippen MR) is 56.0 cm³/mol. The lowest BCUT2D eigenvalue weighted by Gasteiger charge is -2.17. The molecule has 0 saturated carbocycles. The van der Waals surface area contributed by atoms with Crippen LogP contribution in [0.1, 0.15) is 33.6 Å². The summed E-state index contributed by atoms with van der Waals surface area (Å²) < 4.78 is 16.1. The lowest BCUT2D eigenvalue weighted by atomic mass is 10.5. The lowest BCUT2D eigenvalue weighted by molar-refractivity contribution is 0.0872. The monoisotopic (exact) mass is 226 g/mol. The fourth-order valence-corrected chi connectivity index (χ4v) is 2.38. The van der Waals surface area contributed by atoms with Gasteiger partial charge in [-0.05, 0) is 19.8 Å². The molecule has 0 spiro atoms. The molecule has 0 N–H and O–H groups in total. The highest BCUT2D eigenvalue weighted by atomic mass is 35.5. The topological polar surface area (TPSA) is 27.7 Å². The molecule has 0 aliphatic carbocycles. The molecule has 0 radical (unpaired) electrons. The van der Waals surface area contributed by atoms with E-state index in [4.69, 9.17) is 24.9 Å². The van der Waals surface area contributed by atoms with E-state index in [1.165, 1.54) is 0 Å². The number of hydrogen-bond donors (Lipinski definition) is 0. The molecule has 0 amide bonds. The van der Waals surface area contributed by atoms with Gasteiger partial charge in [-0.15, -0.1) is 0 Å². The van der Waals surface area contributed by atoms with Gasteiger partial charge in [0.15, 0.2) is 0 Å². The molecule has 0 fully saturated rings. The van der Waals surface area contributed by atoms with E-state index >= 15 is 0 Å². The minimum Gasteiger partial charge on any atom is -0.376 e. The number of hydrogen-bond acceptors (Lipinski definition) is 3. The molecule has 13 heavy (non-hydrogen) atoms. The van der Waals surface area contributed by atoms with Crippen molar-refractivity contribution in [3.8, 4) is 0 Å². The molecule has 3 nitrogen and oxygen atoms in total. The van der Waals surface area contributed by atoms with Crippen LogP contribution in [0.25, 0.3) is 0 Å². The van der Waals surface area contributed by atoms with Crippen LogP contribution in [0, 0.1) is 0 Å². The Morgan fingerprint density at radius 3 is 1.92 bits per heavy atom. The van der Waals surface area contributed by atoms with E-state index in [0.29, 0.717) is 13.2 Å². The van der Waals surface area contributed by atoms with Gasteiger partial charge in [0.1, 0.15) is 5.56 Å². The van der Waals surface area contributed by atoms with Crippen LogP contribution in [0.2, 0.25) is 0 Å². The van der Waals surface area contributed by atoms with E-state index in [-0.39, 0.29) is 5.56 Å². The smallest absolute Gasteiger partial charge is 0.376 e. The van der Waals surface area contributed by atoms with E-state index < -0.39 is 9.53 Å². The standard InChI is InChI=1S/C8H19ClO3Si/c1-4-6-10-13(11-7-5-2)12-8(3)9/h8,13H,4-7H2,1-3H3. The zero-order valence-corrected chi connectivity index (χ0v) is 10.5. The SMILES string of the molecule is CCCO[SiH](OCCC)OC(C)Cl. The van der Waals surface area contributed by atoms with Crippen LogP contribution in [0.4, 0.5) is 0 Å². The molecule has 0 aromatic heterocycles. The first-order chi connectivity index (χ1) is 6.20. The number of alkyl halides is 1. The molecule has 0 saturated heterocycles. The van der Waals surface area contributed by atoms with E-state index in [1.54, 1.807) is 6.92 Å². The first kappa shape index (κ1) is 13.4. The molecule has 0 aromatic carbocycles. The van der Waals surface area contributed by atoms with Crippen molar-refractivity contribution in [1.82, 2.24) is 0 Å². The zero-order chi connectivity index (χ0) is 10.1. The Balaban J connectivity index is 3.60. The third-order valence-corrected chi connectivity index (χ3v) is 3.14. The summed E-state index contributed by atoms with van der Waals surface area (Å²) in [6.07, 6.45) is 1.94. The first-order valence-corrected chi connectivity index (χ1v) is 6.58. The van der Waals surface area contributed by atoms with E-state index in [0.717, 1.165) is 12.8 Å². The first-order valence-electron chi connectivity index (χ1n) is 4.73. The predicted octanol–water partition coefficient (Wildman–Crippen LogP) is 2.16. The normalized spacial score (nSPS) is 13.6. The van der Waals surface area contributed by atoms with Crippen molar-refractivity contribution in [3.05, 3.63) is 0 Å². The highest BCUT2D eigenvalue weighted by Crippen LogP contribution is 2.03. The van der Waals surface area contributed by atoms with E-state index in [2.05, 4.69) is 13.8 Å². The molecular weight excluding hydrogens is 208 g/mol. The van der Waals surface area contributed by atoms with E-state index in [1.807, 2.05) is 0 Å². The minimum absolute atomic E-state index is 0.328. The van der Waals surface area contributed by atoms with Gasteiger partial charge in [-0.1, -0.05) is 25.4 Å². The van der Waals surface area contributed by atoms with Crippen LogP contribution < -0.4 is 0 Å². The molecule has 0 rings (SSSR count). The van der Waals surface area contributed by atoms with Crippen LogP contribution in [0.5, 0.6) is 0 Å². The average Bonchev–Trinajstić information content (AvgIpc) is 2.09. The Morgan fingerprint density at radius 2 is 1.62 bits per heavy atom. The minimum atomic E-state index is -1.96. The quantitative estimate of drug-likeness (QED) is 0.469. The zero-order valence-electron chi connectivity index (χ0n) is 8.59. The summed E-state index contributed by atoms with van der Waals surface area (Å²) in [5, 5.41) is 0. The van der Waals surface area contributed by atoms with Gasteiger partial charge in [0.05, 0.1) is 0 Å². The van der Waals surface area contributed by atoms with Gasteiger partial charge in [0.25, 0.3) is 0 Å². The Labute approximate surface area is 87.3 Å². The van der Waals surface area contributed by atoms with Crippen molar-refractivity contribution >= 4 is 21.1 Å². The Hall–Kier alpha value is 0.387. The Morgan fingerprint density at radius 1 is 1.15 bits per heavy atom. The van der Waals surface area contributed by atoms with Crippen LogP contribution >= 0.6 is 11.6 Å². The van der Waals surface area contributed by atoms with Gasteiger partial charge in [-0.25, -0.2) is 0 Å². The molecule has 0 aromatic rings. The summed E-state index contributed by atoms with van der Waals surface area (Å²) in [4.78, 5) is 0. The molecule has 1 unspecified atom stereocenters. The molecule has 0 aliphatic heterocycles. The van der Waals surface area contributed by atoms with Crippen LogP contribution in [0.3, 0.4) is 0 Å². The molecule has 0 heterocycles. The lowest BCUT2D eigenvalue weighted by Crippen LogP contribution is -2.30. The molecule has 5 heteroatoms. The molecule has 80 valence electrons. The third kappa shape index (κ3) is 8.71. The summed E-state index contributed by atoms with van der Waals surface area (Å²) in [5.74, 6) is 0. The summed E-state index contributed by atoms with van der Waals surface area (Å²) in [6, 6.07) is 0. The van der Waals surface area contributed by atoms with Crippen molar-refractivity contribution in [2.45, 2.75) is 39.2 Å². The van der Waals surface area contributed by atoms with Crippen LogP contribution in [-0.2, 0) is 13.3 Å². The second-order valence-corrected chi connectivity index (χ2v) is 4.84. The Bertz CT molecular complexity index is 106. The second kappa shape index (κ2) is 8.96. The number of halogens is 1. The number of rotatable bonds is 8. The largest absolute Gasteiger partial charge is 0.485 e. The highest BCUT2D eigenvalue weighted by Gasteiger charge is 2.16. The van der Waals surface area contributed by atoms with Crippen molar-refractivity contribution in [3.63, 3.8) is 0 Å². The molecular formula is C8H19ClO3Si. The van der Waals surface area contributed by atoms with Crippen molar-refractivity contribution in [1.29, 1.82) is 0 Å². The van der Waals surface area contributed by atoms with Gasteiger partial charge in [-0.2, -0.15) is 0 Å². The highest BCUT2D eigenvalue weighted by molar-refractivity contribution is 6.37. The van der Waals surface area contributed by atoms with Gasteiger partial charge in [-0.3, -0.25) is 0 Å². The van der Waals surface area contributed by atoms with Gasteiger partial charge in [0, 0.05) is 13.2 Å². The Kier molecular flexibility index (Phi) is 9.23. The van der Waals surface area contributed by atoms with Gasteiger partial charge < -0.3 is 13.3 Å². The average molecular weight is 227 g/mol. The maximum Gasteiger partial charge on any atom is 0.485 e. The van der Waals surface area contributed by atoms with Crippen molar-refractivity contribution in [2.24, 2.45) is 0 Å². The summed E-state index contributed by atoms with van der Waals surface area (Å²) >= 11 is 5.68. The second-order valence-electron chi connectivity index (χ2n) is 2.71. The van der Waals surface area contributed by atoms with Gasteiger partial charge >= 0.3 is 9.53 Å². The van der Waals surface area contributed by atoms with Crippen molar-refractivity contribution < 1.29 is 13.3 Å². The third-order valence-electron chi connectivity index (χ3n) is 1.21. The van der Waals surface area contributed by atoms with Crippen molar-refractivity contribution in [2.75, 3.05) is 13.2 Å².